The van der Waals surface area contributed by atoms with E-state index in [-0.39, 0.29) is 12.5 Å². The molecule has 2 N–H and O–H groups in total. The van der Waals surface area contributed by atoms with Gasteiger partial charge in [-0.05, 0) is 44.9 Å². The van der Waals surface area contributed by atoms with E-state index >= 15 is 0 Å². The number of rotatable bonds is 7. The van der Waals surface area contributed by atoms with Crippen LogP contribution in [0.1, 0.15) is 40.2 Å². The number of carboxylic acids is 1. The molecule has 3 rings (SSSR count). The highest BCUT2D eigenvalue weighted by Crippen LogP contribution is 2.35. The van der Waals surface area contributed by atoms with Crippen LogP contribution in [-0.2, 0) is 35.0 Å². The Bertz CT molecular complexity index is 797. The van der Waals surface area contributed by atoms with Crippen molar-refractivity contribution in [1.82, 2.24) is 5.32 Å². The first kappa shape index (κ1) is 23.5. The number of hydrogen-bond acceptors (Lipinski definition) is 7. The van der Waals surface area contributed by atoms with Crippen molar-refractivity contribution in [1.29, 1.82) is 0 Å². The molecule has 0 radical (unpaired) electrons. The largest absolute Gasteiger partial charge is 0.479 e. The Morgan fingerprint density at radius 2 is 2.10 bits per heavy atom. The molecule has 6 atom stereocenters. The molecular formula is C22H31NO8. The van der Waals surface area contributed by atoms with Crippen LogP contribution in [0.25, 0.3) is 0 Å². The highest BCUT2D eigenvalue weighted by Gasteiger charge is 2.54. The number of carboxylic acid groups (broad SMARTS) is 1. The lowest BCUT2D eigenvalue weighted by molar-refractivity contribution is -0.366. The van der Waals surface area contributed by atoms with Gasteiger partial charge in [0.25, 0.3) is 0 Å². The molecule has 0 aromatic heterocycles. The maximum absolute atomic E-state index is 12.0. The quantitative estimate of drug-likeness (QED) is 0.665. The van der Waals surface area contributed by atoms with Gasteiger partial charge in [-0.25, -0.2) is 4.79 Å². The van der Waals surface area contributed by atoms with Crippen molar-refractivity contribution in [2.45, 2.75) is 83.6 Å². The number of carbonyl (C=O) groups is 2. The first-order valence-electron chi connectivity index (χ1n) is 10.5. The number of carbonyl (C=O) groups excluding carboxylic acids is 1. The van der Waals surface area contributed by atoms with Crippen molar-refractivity contribution in [2.75, 3.05) is 6.61 Å². The van der Waals surface area contributed by atoms with Crippen molar-refractivity contribution in [3.05, 3.63) is 29.8 Å². The second-order valence-electron chi connectivity index (χ2n) is 8.26. The van der Waals surface area contributed by atoms with Gasteiger partial charge in [0.05, 0.1) is 6.61 Å². The first-order chi connectivity index (χ1) is 14.6. The molecule has 0 saturated carbocycles. The van der Waals surface area contributed by atoms with Crippen LogP contribution in [0.3, 0.4) is 0 Å². The lowest BCUT2D eigenvalue weighted by Crippen LogP contribution is -2.70. The minimum absolute atomic E-state index is 0.209. The van der Waals surface area contributed by atoms with Crippen molar-refractivity contribution in [2.24, 2.45) is 0 Å². The number of amides is 1. The van der Waals surface area contributed by atoms with Crippen molar-refractivity contribution < 1.29 is 38.4 Å². The number of benzene rings is 1. The number of fused-ring (bicyclic) bond motifs is 1. The fourth-order valence-corrected chi connectivity index (χ4v) is 3.74. The van der Waals surface area contributed by atoms with Crippen LogP contribution in [0.15, 0.2) is 24.3 Å². The third-order valence-electron chi connectivity index (χ3n) is 5.30. The summed E-state index contributed by atoms with van der Waals surface area (Å²) in [6.07, 6.45) is -3.29. The van der Waals surface area contributed by atoms with E-state index in [0.29, 0.717) is 5.75 Å². The predicted molar refractivity (Wildman–Crippen MR) is 110 cm³/mol. The summed E-state index contributed by atoms with van der Waals surface area (Å²) in [6.45, 7) is 8.56. The van der Waals surface area contributed by atoms with E-state index in [1.807, 2.05) is 25.1 Å². The molecule has 9 heteroatoms. The van der Waals surface area contributed by atoms with Crippen LogP contribution in [0.4, 0.5) is 0 Å². The van der Waals surface area contributed by atoms with Gasteiger partial charge < -0.3 is 34.1 Å². The molecule has 0 bridgehead atoms. The smallest absolute Gasteiger partial charge is 0.332 e. The lowest BCUT2D eigenvalue weighted by atomic mass is 9.94. The number of nitrogens with one attached hydrogen (secondary N) is 1. The summed E-state index contributed by atoms with van der Waals surface area (Å²) in [6, 6.07) is 6.75. The average molecular weight is 437 g/mol. The molecule has 2 heterocycles. The molecular weight excluding hydrogens is 406 g/mol. The second-order valence-corrected chi connectivity index (χ2v) is 8.26. The zero-order chi connectivity index (χ0) is 22.8. The minimum Gasteiger partial charge on any atom is -0.479 e. The summed E-state index contributed by atoms with van der Waals surface area (Å²) in [5, 5.41) is 12.2. The van der Waals surface area contributed by atoms with Crippen LogP contribution in [-0.4, -0.2) is 66.1 Å². The summed E-state index contributed by atoms with van der Waals surface area (Å²) >= 11 is 0. The van der Waals surface area contributed by atoms with Crippen molar-refractivity contribution in [3.63, 3.8) is 0 Å². The van der Waals surface area contributed by atoms with Crippen LogP contribution in [0, 0.1) is 0 Å². The Morgan fingerprint density at radius 1 is 1.35 bits per heavy atom. The normalized spacial score (nSPS) is 30.7. The summed E-state index contributed by atoms with van der Waals surface area (Å²) in [5.41, 5.74) is 1.08. The van der Waals surface area contributed by atoms with E-state index in [4.69, 9.17) is 23.7 Å². The van der Waals surface area contributed by atoms with Gasteiger partial charge in [-0.3, -0.25) is 4.79 Å². The van der Waals surface area contributed by atoms with E-state index in [1.54, 1.807) is 19.9 Å². The Morgan fingerprint density at radius 3 is 2.74 bits per heavy atom. The zero-order valence-corrected chi connectivity index (χ0v) is 18.5. The van der Waals surface area contributed by atoms with Gasteiger partial charge in [-0.1, -0.05) is 19.1 Å². The van der Waals surface area contributed by atoms with E-state index in [0.717, 1.165) is 12.0 Å². The third kappa shape index (κ3) is 5.74. The van der Waals surface area contributed by atoms with Gasteiger partial charge in [0.2, 0.25) is 12.2 Å². The summed E-state index contributed by atoms with van der Waals surface area (Å²) in [5.74, 6) is -1.79. The maximum Gasteiger partial charge on any atom is 0.332 e. The van der Waals surface area contributed by atoms with Gasteiger partial charge >= 0.3 is 5.97 Å². The van der Waals surface area contributed by atoms with Crippen molar-refractivity contribution >= 4 is 11.9 Å². The monoisotopic (exact) mass is 437 g/mol. The summed E-state index contributed by atoms with van der Waals surface area (Å²) in [4.78, 5) is 23.5. The van der Waals surface area contributed by atoms with E-state index in [9.17, 15) is 14.7 Å². The van der Waals surface area contributed by atoms with Crippen molar-refractivity contribution in [3.8, 4) is 5.75 Å². The number of aliphatic carboxylic acids is 1. The molecule has 0 spiro atoms. The van der Waals surface area contributed by atoms with E-state index in [2.05, 4.69) is 5.32 Å². The van der Waals surface area contributed by atoms with Crippen LogP contribution >= 0.6 is 0 Å². The molecule has 0 aliphatic carbocycles. The van der Waals surface area contributed by atoms with Gasteiger partial charge in [-0.2, -0.15) is 0 Å². The SMILES string of the molecule is CCc1cccc(OC2OC3COC(C)(C)OC3C(OC(C)C(=O)O)C2NC(C)=O)c1. The number of ether oxygens (including phenoxy) is 5. The van der Waals surface area contributed by atoms with Gasteiger partial charge in [0.1, 0.15) is 30.1 Å². The Labute approximate surface area is 181 Å². The third-order valence-corrected chi connectivity index (χ3v) is 5.30. The topological polar surface area (TPSA) is 113 Å². The molecule has 31 heavy (non-hydrogen) atoms. The molecule has 1 amide bonds. The molecule has 6 unspecified atom stereocenters. The summed E-state index contributed by atoms with van der Waals surface area (Å²) in [7, 11) is 0. The Balaban J connectivity index is 1.93. The minimum atomic E-state index is -1.13. The standard InChI is InChI=1S/C22H31NO8/c1-6-14-8-7-9-15(10-14)29-21-17(23-13(3)24)19(28-12(2)20(25)26)18-16(30-21)11-27-22(4,5)31-18/h7-10,12,16-19,21H,6,11H2,1-5H3,(H,23,24)(H,25,26). The Hall–Kier alpha value is -2.20. The van der Waals surface area contributed by atoms with Crippen LogP contribution < -0.4 is 10.1 Å². The predicted octanol–water partition coefficient (Wildman–Crippen LogP) is 1.87. The second kappa shape index (κ2) is 9.52. The summed E-state index contributed by atoms with van der Waals surface area (Å²) < 4.78 is 29.9. The number of hydrogen-bond donors (Lipinski definition) is 2. The average Bonchev–Trinajstić information content (AvgIpc) is 2.70. The number of aryl methyl sites for hydroxylation is 1. The lowest BCUT2D eigenvalue weighted by Gasteiger charge is -2.51. The highest BCUT2D eigenvalue weighted by atomic mass is 16.8. The Kier molecular flexibility index (Phi) is 7.20. The van der Waals surface area contributed by atoms with Crippen LogP contribution in [0.5, 0.6) is 5.75 Å². The molecule has 2 fully saturated rings. The molecule has 2 aliphatic rings. The maximum atomic E-state index is 12.0. The molecule has 1 aromatic carbocycles. The molecule has 2 aliphatic heterocycles. The van der Waals surface area contributed by atoms with Crippen LogP contribution in [0.2, 0.25) is 0 Å². The fourth-order valence-electron chi connectivity index (χ4n) is 3.74. The van der Waals surface area contributed by atoms with E-state index < -0.39 is 48.5 Å². The molecule has 2 saturated heterocycles. The van der Waals surface area contributed by atoms with Gasteiger partial charge in [0.15, 0.2) is 11.9 Å². The molecule has 1 aromatic rings. The van der Waals surface area contributed by atoms with Gasteiger partial charge in [-0.15, -0.1) is 0 Å². The van der Waals surface area contributed by atoms with Gasteiger partial charge in [0, 0.05) is 6.92 Å². The first-order valence-corrected chi connectivity index (χ1v) is 10.5. The molecule has 172 valence electrons. The van der Waals surface area contributed by atoms with E-state index in [1.165, 1.54) is 13.8 Å². The zero-order valence-electron chi connectivity index (χ0n) is 18.5. The fraction of sp³-hybridized carbons (Fsp3) is 0.636. The molecule has 9 nitrogen and oxygen atoms in total. The highest BCUT2D eigenvalue weighted by molar-refractivity contribution is 5.73.